The fraction of sp³-hybridized carbons (Fsp3) is 0.0556. The Kier molecular flexibility index (Phi) is 5.33. The summed E-state index contributed by atoms with van der Waals surface area (Å²) in [4.78, 5) is 4.59. The molecule has 5 nitrogen and oxygen atoms in total. The normalized spacial score (nSPS) is 10.8. The van der Waals surface area contributed by atoms with Gasteiger partial charge in [0.25, 0.3) is 5.22 Å². The van der Waals surface area contributed by atoms with Crippen LogP contribution < -0.4 is 5.32 Å². The number of rotatable bonds is 6. The van der Waals surface area contributed by atoms with Gasteiger partial charge in [0.1, 0.15) is 0 Å². The second-order valence-electron chi connectivity index (χ2n) is 5.31. The number of anilines is 2. The van der Waals surface area contributed by atoms with Crippen LogP contribution in [-0.4, -0.2) is 15.2 Å². The average Bonchev–Trinajstić information content (AvgIpc) is 3.30. The molecule has 8 heteroatoms. The maximum Gasteiger partial charge on any atom is 0.277 e. The highest BCUT2D eigenvalue weighted by Crippen LogP contribution is 2.28. The van der Waals surface area contributed by atoms with Gasteiger partial charge in [-0.15, -0.1) is 21.5 Å². The first-order chi connectivity index (χ1) is 12.8. The van der Waals surface area contributed by atoms with E-state index in [0.717, 1.165) is 26.5 Å². The topological polar surface area (TPSA) is 63.8 Å². The third-order valence-corrected chi connectivity index (χ3v) is 5.55. The summed E-state index contributed by atoms with van der Waals surface area (Å²) in [5.74, 6) is 1.19. The van der Waals surface area contributed by atoms with Crippen molar-refractivity contribution in [3.05, 3.63) is 70.1 Å². The fourth-order valence-electron chi connectivity index (χ4n) is 2.22. The zero-order chi connectivity index (χ0) is 17.8. The summed E-state index contributed by atoms with van der Waals surface area (Å²) in [7, 11) is 0. The van der Waals surface area contributed by atoms with E-state index in [9.17, 15) is 0 Å². The summed E-state index contributed by atoms with van der Waals surface area (Å²) in [5.41, 5.74) is 2.89. The van der Waals surface area contributed by atoms with E-state index in [1.807, 2.05) is 60.0 Å². The largest absolute Gasteiger partial charge is 0.411 e. The molecule has 0 spiro atoms. The number of halogens is 1. The van der Waals surface area contributed by atoms with Crippen LogP contribution in [0.5, 0.6) is 0 Å². The van der Waals surface area contributed by atoms with Crippen LogP contribution in [0.2, 0.25) is 0 Å². The first-order valence-electron chi connectivity index (χ1n) is 7.75. The maximum atomic E-state index is 5.73. The fourth-order valence-corrected chi connectivity index (χ4v) is 4.11. The third kappa shape index (κ3) is 4.32. The number of para-hydroxylation sites is 1. The number of benzene rings is 2. The first kappa shape index (κ1) is 17.3. The number of hydrogen-bond donors (Lipinski definition) is 1. The molecule has 0 atom stereocenters. The molecule has 0 aliphatic heterocycles. The van der Waals surface area contributed by atoms with Gasteiger partial charge in [-0.05, 0) is 30.3 Å². The Morgan fingerprint density at radius 3 is 2.81 bits per heavy atom. The van der Waals surface area contributed by atoms with Crippen molar-refractivity contribution < 1.29 is 4.42 Å². The lowest BCUT2D eigenvalue weighted by molar-refractivity contribution is 0.466. The van der Waals surface area contributed by atoms with Crippen LogP contribution in [-0.2, 0) is 5.75 Å². The molecule has 1 N–H and O–H groups in total. The number of thiazole rings is 1. The minimum atomic E-state index is 0.513. The summed E-state index contributed by atoms with van der Waals surface area (Å²) in [6.45, 7) is 0. The van der Waals surface area contributed by atoms with E-state index in [-0.39, 0.29) is 0 Å². The van der Waals surface area contributed by atoms with E-state index >= 15 is 0 Å². The molecule has 0 saturated carbocycles. The van der Waals surface area contributed by atoms with Crippen LogP contribution >= 0.6 is 39.0 Å². The molecular weight excluding hydrogens is 432 g/mol. The highest BCUT2D eigenvalue weighted by Gasteiger charge is 2.11. The van der Waals surface area contributed by atoms with Crippen LogP contribution in [0.1, 0.15) is 5.69 Å². The first-order valence-corrected chi connectivity index (χ1v) is 10.4. The average molecular weight is 445 g/mol. The number of thioether (sulfide) groups is 1. The minimum absolute atomic E-state index is 0.513. The second kappa shape index (κ2) is 8.03. The number of aromatic nitrogens is 3. The van der Waals surface area contributed by atoms with E-state index < -0.39 is 0 Å². The summed E-state index contributed by atoms with van der Waals surface area (Å²) in [6, 6.07) is 17.8. The zero-order valence-corrected chi connectivity index (χ0v) is 16.6. The van der Waals surface area contributed by atoms with Gasteiger partial charge in [-0.1, -0.05) is 52.0 Å². The smallest absolute Gasteiger partial charge is 0.277 e. The van der Waals surface area contributed by atoms with Crippen LogP contribution in [0, 0.1) is 0 Å². The molecule has 0 saturated heterocycles. The molecule has 0 fully saturated rings. The molecule has 2 aromatic heterocycles. The summed E-state index contributed by atoms with van der Waals surface area (Å²) >= 11 is 6.50. The predicted octanol–water partition coefficient (Wildman–Crippen LogP) is 5.99. The molecule has 0 unspecified atom stereocenters. The second-order valence-corrected chi connectivity index (χ2v) is 8.01. The Morgan fingerprint density at radius 1 is 1.08 bits per heavy atom. The van der Waals surface area contributed by atoms with Gasteiger partial charge >= 0.3 is 0 Å². The van der Waals surface area contributed by atoms with Gasteiger partial charge in [-0.2, -0.15) is 0 Å². The monoisotopic (exact) mass is 444 g/mol. The van der Waals surface area contributed by atoms with E-state index in [2.05, 4.69) is 36.4 Å². The predicted molar refractivity (Wildman–Crippen MR) is 109 cm³/mol. The van der Waals surface area contributed by atoms with Gasteiger partial charge in [-0.3, -0.25) is 0 Å². The quantitative estimate of drug-likeness (QED) is 0.368. The van der Waals surface area contributed by atoms with E-state index in [4.69, 9.17) is 4.42 Å². The zero-order valence-electron chi connectivity index (χ0n) is 13.4. The Labute approximate surface area is 167 Å². The van der Waals surface area contributed by atoms with Crippen molar-refractivity contribution in [3.63, 3.8) is 0 Å². The summed E-state index contributed by atoms with van der Waals surface area (Å²) < 4.78 is 6.70. The van der Waals surface area contributed by atoms with Crippen molar-refractivity contribution in [2.75, 3.05) is 5.32 Å². The van der Waals surface area contributed by atoms with Crippen LogP contribution in [0.4, 0.5) is 10.8 Å². The Balaban J connectivity index is 1.38. The van der Waals surface area contributed by atoms with Gasteiger partial charge in [0.2, 0.25) is 5.89 Å². The van der Waals surface area contributed by atoms with Gasteiger partial charge in [0.05, 0.1) is 5.69 Å². The third-order valence-electron chi connectivity index (χ3n) is 3.40. The Hall–Kier alpha value is -2.16. The molecule has 0 amide bonds. The minimum Gasteiger partial charge on any atom is -0.411 e. The van der Waals surface area contributed by atoms with Crippen molar-refractivity contribution >= 4 is 49.8 Å². The standard InChI is InChI=1S/C18H13BrN4OS2/c19-13-6-4-5-12(9-13)16-22-23-18(24-16)26-11-15-10-25-17(21-15)20-14-7-2-1-3-8-14/h1-10H,11H2,(H,20,21). The van der Waals surface area contributed by atoms with Crippen molar-refractivity contribution in [2.24, 2.45) is 0 Å². The number of nitrogens with zero attached hydrogens (tertiary/aromatic N) is 3. The molecule has 130 valence electrons. The van der Waals surface area contributed by atoms with Crippen molar-refractivity contribution in [1.82, 2.24) is 15.2 Å². The van der Waals surface area contributed by atoms with Gasteiger partial charge in [-0.25, -0.2) is 4.98 Å². The summed E-state index contributed by atoms with van der Waals surface area (Å²) in [6.07, 6.45) is 0. The molecule has 0 bridgehead atoms. The molecule has 0 aliphatic rings. The van der Waals surface area contributed by atoms with E-state index in [1.54, 1.807) is 11.3 Å². The van der Waals surface area contributed by atoms with Crippen LogP contribution in [0.25, 0.3) is 11.5 Å². The molecule has 4 aromatic rings. The Bertz CT molecular complexity index is 1000. The lowest BCUT2D eigenvalue weighted by Gasteiger charge is -2.00. The highest BCUT2D eigenvalue weighted by atomic mass is 79.9. The van der Waals surface area contributed by atoms with Gasteiger partial charge < -0.3 is 9.73 Å². The SMILES string of the molecule is Brc1cccc(-c2nnc(SCc3csc(Nc4ccccc4)n3)o2)c1. The molecule has 0 radical (unpaired) electrons. The van der Waals surface area contributed by atoms with Gasteiger partial charge in [0.15, 0.2) is 5.13 Å². The molecule has 4 rings (SSSR count). The maximum absolute atomic E-state index is 5.73. The van der Waals surface area contributed by atoms with Gasteiger partial charge in [0, 0.05) is 26.9 Å². The molecule has 2 aromatic carbocycles. The van der Waals surface area contributed by atoms with Crippen LogP contribution in [0.3, 0.4) is 0 Å². The lowest BCUT2D eigenvalue weighted by Crippen LogP contribution is -1.89. The molecule has 2 heterocycles. The Morgan fingerprint density at radius 2 is 1.96 bits per heavy atom. The molecular formula is C18H13BrN4OS2. The molecule has 0 aliphatic carbocycles. The van der Waals surface area contributed by atoms with E-state index in [1.165, 1.54) is 11.8 Å². The number of hydrogen-bond acceptors (Lipinski definition) is 7. The lowest BCUT2D eigenvalue weighted by atomic mass is 10.2. The molecule has 26 heavy (non-hydrogen) atoms. The summed E-state index contributed by atoms with van der Waals surface area (Å²) in [5, 5.41) is 14.9. The van der Waals surface area contributed by atoms with Crippen molar-refractivity contribution in [1.29, 1.82) is 0 Å². The number of nitrogens with one attached hydrogen (secondary N) is 1. The van der Waals surface area contributed by atoms with Crippen LogP contribution in [0.15, 0.2) is 74.1 Å². The van der Waals surface area contributed by atoms with Crippen molar-refractivity contribution in [3.8, 4) is 11.5 Å². The van der Waals surface area contributed by atoms with Crippen molar-refractivity contribution in [2.45, 2.75) is 11.0 Å². The highest BCUT2D eigenvalue weighted by molar-refractivity contribution is 9.10. The van der Waals surface area contributed by atoms with E-state index in [0.29, 0.717) is 16.9 Å².